The summed E-state index contributed by atoms with van der Waals surface area (Å²) in [5.41, 5.74) is 0.823. The third-order valence-electron chi connectivity index (χ3n) is 8.88. The molecule has 2 N–H and O–H groups in total. The topological polar surface area (TPSA) is 99.5 Å². The van der Waals surface area contributed by atoms with Crippen molar-refractivity contribution in [3.8, 4) is 0 Å². The van der Waals surface area contributed by atoms with E-state index in [2.05, 4.69) is 4.90 Å². The summed E-state index contributed by atoms with van der Waals surface area (Å²) in [6, 6.07) is 0. The van der Waals surface area contributed by atoms with E-state index in [9.17, 15) is 19.8 Å². The number of nitrogens with zero attached hydrogens (tertiary/aromatic N) is 2. The van der Waals surface area contributed by atoms with Crippen LogP contribution in [0.1, 0.15) is 46.0 Å². The zero-order valence-electron chi connectivity index (χ0n) is 21.9. The van der Waals surface area contributed by atoms with E-state index >= 15 is 0 Å². The molecule has 1 saturated carbocycles. The van der Waals surface area contributed by atoms with Gasteiger partial charge in [-0.25, -0.2) is 4.79 Å². The number of aliphatic hydroxyl groups is 2. The molecule has 0 radical (unpaired) electrons. The maximum absolute atomic E-state index is 13.7. The van der Waals surface area contributed by atoms with E-state index in [1.807, 2.05) is 39.9 Å². The largest absolute Gasteiger partial charge is 0.504 e. The van der Waals surface area contributed by atoms with Gasteiger partial charge in [-0.15, -0.1) is 0 Å². The van der Waals surface area contributed by atoms with Crippen molar-refractivity contribution in [2.75, 3.05) is 47.9 Å². The molecule has 194 valence electrons. The Morgan fingerprint density at radius 1 is 1.17 bits per heavy atom. The van der Waals surface area contributed by atoms with E-state index < -0.39 is 34.8 Å². The van der Waals surface area contributed by atoms with Crippen LogP contribution in [0.15, 0.2) is 34.3 Å². The second-order valence-electron chi connectivity index (χ2n) is 11.3. The smallest absolute Gasteiger partial charge is 0.340 e. The number of fused-ring (bicyclic) bond motifs is 4. The molecule has 35 heavy (non-hydrogen) atoms. The van der Waals surface area contributed by atoms with Gasteiger partial charge in [-0.1, -0.05) is 6.92 Å². The first-order chi connectivity index (χ1) is 16.5. The molecule has 2 fully saturated rings. The quantitative estimate of drug-likeness (QED) is 0.417. The third-order valence-corrected chi connectivity index (χ3v) is 8.88. The Bertz CT molecular complexity index is 998. The molecular formula is C27H40N2O6. The minimum Gasteiger partial charge on any atom is -0.504 e. The highest BCUT2D eigenvalue weighted by Gasteiger charge is 2.61. The number of carbonyl (C=O) groups excluding carboxylic acids is 2. The lowest BCUT2D eigenvalue weighted by molar-refractivity contribution is -0.156. The Kier molecular flexibility index (Phi) is 6.94. The fourth-order valence-corrected chi connectivity index (χ4v) is 6.81. The van der Waals surface area contributed by atoms with Crippen molar-refractivity contribution in [2.45, 2.75) is 58.2 Å². The van der Waals surface area contributed by atoms with Gasteiger partial charge in [0.05, 0.1) is 23.7 Å². The number of cyclic esters (lactones) is 1. The number of hydrogen-bond acceptors (Lipinski definition) is 8. The maximum Gasteiger partial charge on any atom is 0.340 e. The lowest BCUT2D eigenvalue weighted by Gasteiger charge is -2.52. The average Bonchev–Trinajstić information content (AvgIpc) is 3.09. The summed E-state index contributed by atoms with van der Waals surface area (Å²) < 4.78 is 11.4. The van der Waals surface area contributed by atoms with Gasteiger partial charge in [0.25, 0.3) is 0 Å². The first-order valence-electron chi connectivity index (χ1n) is 12.6. The zero-order chi connectivity index (χ0) is 25.7. The highest BCUT2D eigenvalue weighted by atomic mass is 16.6. The maximum atomic E-state index is 13.7. The average molecular weight is 489 g/mol. The summed E-state index contributed by atoms with van der Waals surface area (Å²) in [7, 11) is 7.46. The molecule has 0 bridgehead atoms. The highest BCUT2D eigenvalue weighted by Crippen LogP contribution is 2.62. The molecule has 1 heterocycles. The first-order valence-corrected chi connectivity index (χ1v) is 12.6. The van der Waals surface area contributed by atoms with Crippen molar-refractivity contribution in [3.63, 3.8) is 0 Å². The van der Waals surface area contributed by atoms with Crippen molar-refractivity contribution in [2.24, 2.45) is 16.7 Å². The number of ether oxygens (including phenoxy) is 2. The number of rotatable bonds is 7. The van der Waals surface area contributed by atoms with E-state index in [1.54, 1.807) is 13.3 Å². The van der Waals surface area contributed by atoms with Crippen LogP contribution in [0.4, 0.5) is 0 Å². The molecule has 8 heteroatoms. The van der Waals surface area contributed by atoms with E-state index in [-0.39, 0.29) is 23.9 Å². The SMILES string of the molecule is COC[C@H]1OC(=O)/C(=C/N(C)CCCN(C)C)C2=C(O)C(=O)C3=C(CC[C@@]4(C)C3CC[C@@H]4O)[C@]21C. The second-order valence-corrected chi connectivity index (χ2v) is 11.3. The zero-order valence-corrected chi connectivity index (χ0v) is 21.9. The van der Waals surface area contributed by atoms with Crippen molar-refractivity contribution in [3.05, 3.63) is 34.3 Å². The van der Waals surface area contributed by atoms with Gasteiger partial charge in [0.1, 0.15) is 6.10 Å². The molecule has 0 spiro atoms. The van der Waals surface area contributed by atoms with E-state index in [1.165, 1.54) is 0 Å². The molecule has 0 aromatic rings. The predicted octanol–water partition coefficient (Wildman–Crippen LogP) is 2.59. The van der Waals surface area contributed by atoms with Crippen molar-refractivity contribution >= 4 is 11.8 Å². The highest BCUT2D eigenvalue weighted by molar-refractivity contribution is 6.12. The van der Waals surface area contributed by atoms with Crippen LogP contribution in [0.3, 0.4) is 0 Å². The molecule has 3 aliphatic carbocycles. The summed E-state index contributed by atoms with van der Waals surface area (Å²) in [5, 5.41) is 22.1. The molecular weight excluding hydrogens is 448 g/mol. The number of aliphatic hydroxyl groups excluding tert-OH is 2. The Morgan fingerprint density at radius 3 is 2.54 bits per heavy atom. The summed E-state index contributed by atoms with van der Waals surface area (Å²) in [6.07, 6.45) is 4.14. The van der Waals surface area contributed by atoms with Crippen LogP contribution in [0.5, 0.6) is 0 Å². The van der Waals surface area contributed by atoms with Crippen LogP contribution in [0.2, 0.25) is 0 Å². The fraction of sp³-hybridized carbons (Fsp3) is 0.704. The van der Waals surface area contributed by atoms with Gasteiger partial charge in [0.15, 0.2) is 5.76 Å². The van der Waals surface area contributed by atoms with E-state index in [4.69, 9.17) is 9.47 Å². The summed E-state index contributed by atoms with van der Waals surface area (Å²) in [5.74, 6) is -1.47. The molecule has 4 rings (SSSR count). The van der Waals surface area contributed by atoms with Gasteiger partial charge < -0.3 is 29.5 Å². The normalized spacial score (nSPS) is 35.9. The third kappa shape index (κ3) is 4.03. The standard InChI is InChI=1S/C27H40N2O6/c1-26-11-10-18-21(17(26)8-9-19(26)30)23(31)24(32)22-16(14-29(5)13-7-12-28(3)4)25(33)35-20(15-34-6)27(18,22)2/h14,17,19-20,30,32H,7-13,15H2,1-6H3/b16-14+/t17?,19-,20+,26-,27-/m0/s1. The molecule has 1 unspecified atom stereocenters. The van der Waals surface area contributed by atoms with E-state index in [0.29, 0.717) is 37.0 Å². The van der Waals surface area contributed by atoms with Crippen molar-refractivity contribution in [1.29, 1.82) is 0 Å². The first kappa shape index (κ1) is 25.9. The lowest BCUT2D eigenvalue weighted by atomic mass is 9.54. The molecule has 4 aliphatic rings. The van der Waals surface area contributed by atoms with Gasteiger partial charge in [0, 0.05) is 43.5 Å². The predicted molar refractivity (Wildman–Crippen MR) is 132 cm³/mol. The number of hydrogen-bond donors (Lipinski definition) is 2. The minimum absolute atomic E-state index is 0.128. The minimum atomic E-state index is -0.886. The Morgan fingerprint density at radius 2 is 1.89 bits per heavy atom. The van der Waals surface area contributed by atoms with Gasteiger partial charge >= 0.3 is 5.97 Å². The van der Waals surface area contributed by atoms with Gasteiger partial charge in [-0.2, -0.15) is 0 Å². The lowest BCUT2D eigenvalue weighted by Crippen LogP contribution is -2.53. The van der Waals surface area contributed by atoms with Crippen LogP contribution in [-0.4, -0.2) is 91.9 Å². The Labute approximate surface area is 208 Å². The number of carbonyl (C=O) groups is 2. The number of ketones is 1. The van der Waals surface area contributed by atoms with Crippen LogP contribution in [0, 0.1) is 16.7 Å². The fourth-order valence-electron chi connectivity index (χ4n) is 6.81. The number of allylic oxidation sites excluding steroid dienone is 1. The van der Waals surface area contributed by atoms with Crippen LogP contribution in [0.25, 0.3) is 0 Å². The molecule has 8 nitrogen and oxygen atoms in total. The van der Waals surface area contributed by atoms with E-state index in [0.717, 1.165) is 25.0 Å². The van der Waals surface area contributed by atoms with Gasteiger partial charge in [0.2, 0.25) is 5.78 Å². The molecule has 5 atom stereocenters. The summed E-state index contributed by atoms with van der Waals surface area (Å²) in [4.78, 5) is 30.9. The number of Topliss-reactive ketones (excluding diaryl/α,β-unsaturated/α-hetero) is 1. The van der Waals surface area contributed by atoms with Gasteiger partial charge in [-0.05, 0) is 71.2 Å². The molecule has 0 aromatic carbocycles. The van der Waals surface area contributed by atoms with Crippen molar-refractivity contribution < 1.29 is 29.3 Å². The van der Waals surface area contributed by atoms with Crippen LogP contribution < -0.4 is 0 Å². The summed E-state index contributed by atoms with van der Waals surface area (Å²) >= 11 is 0. The van der Waals surface area contributed by atoms with Crippen LogP contribution >= 0.6 is 0 Å². The second kappa shape index (κ2) is 9.37. The molecule has 1 saturated heterocycles. The molecule has 0 amide bonds. The summed E-state index contributed by atoms with van der Waals surface area (Å²) in [6.45, 7) is 5.78. The van der Waals surface area contributed by atoms with Gasteiger partial charge in [-0.3, -0.25) is 4.79 Å². The Balaban J connectivity index is 1.81. The number of esters is 1. The molecule has 1 aliphatic heterocycles. The Hall–Kier alpha value is -2.16. The molecule has 0 aromatic heterocycles. The van der Waals surface area contributed by atoms with Crippen molar-refractivity contribution in [1.82, 2.24) is 9.80 Å². The monoisotopic (exact) mass is 488 g/mol. The van der Waals surface area contributed by atoms with Crippen LogP contribution in [-0.2, 0) is 19.1 Å². The number of methoxy groups -OCH3 is 1.